The summed E-state index contributed by atoms with van der Waals surface area (Å²) in [5.41, 5.74) is 3.12. The highest BCUT2D eigenvalue weighted by Gasteiger charge is 2.58. The average Bonchev–Trinajstić information content (AvgIpc) is 3.34. The van der Waals surface area contributed by atoms with E-state index in [4.69, 9.17) is 0 Å². The first-order valence-electron chi connectivity index (χ1n) is 11.6. The van der Waals surface area contributed by atoms with Crippen LogP contribution in [0.25, 0.3) is 11.3 Å². The number of H-pyrrole nitrogens is 1. The minimum Gasteiger partial charge on any atom is -0.352 e. The van der Waals surface area contributed by atoms with E-state index in [2.05, 4.69) is 32.5 Å². The lowest BCUT2D eigenvalue weighted by Gasteiger charge is -2.32. The molecule has 1 amide bonds. The Morgan fingerprint density at radius 3 is 2.62 bits per heavy atom. The summed E-state index contributed by atoms with van der Waals surface area (Å²) in [5, 5.41) is 10.2. The zero-order valence-electron chi connectivity index (χ0n) is 18.7. The van der Waals surface area contributed by atoms with Crippen LogP contribution in [0.3, 0.4) is 0 Å². The van der Waals surface area contributed by atoms with E-state index < -0.39 is 11.7 Å². The zero-order chi connectivity index (χ0) is 23.8. The number of aromatic nitrogens is 2. The molecule has 5 rings (SSSR count). The molecular weight excluding hydrogens is 441 g/mol. The lowest BCUT2D eigenvalue weighted by Crippen LogP contribution is -2.36. The van der Waals surface area contributed by atoms with Crippen molar-refractivity contribution in [1.29, 1.82) is 0 Å². The summed E-state index contributed by atoms with van der Waals surface area (Å²) in [7, 11) is 0. The fraction of sp³-hybridized carbons (Fsp3) is 0.385. The third-order valence-corrected chi connectivity index (χ3v) is 7.25. The Balaban J connectivity index is 1.12. The van der Waals surface area contributed by atoms with E-state index in [1.807, 2.05) is 24.4 Å². The third-order valence-electron chi connectivity index (χ3n) is 7.25. The van der Waals surface area contributed by atoms with Gasteiger partial charge in [0.05, 0.1) is 17.5 Å². The highest BCUT2D eigenvalue weighted by Crippen LogP contribution is 2.59. The maximum absolute atomic E-state index is 12.9. The molecule has 178 valence electrons. The lowest BCUT2D eigenvalue weighted by atomic mass is 9.90. The largest absolute Gasteiger partial charge is 0.416 e. The molecule has 0 unspecified atom stereocenters. The van der Waals surface area contributed by atoms with Crippen molar-refractivity contribution in [3.8, 4) is 11.3 Å². The SMILES string of the molecule is O=C(NCc1cccc(C(F)(F)F)c1)[C@@H]1CC12CCN(Cc1cn[nH]c1-c1ccccc1)CC2. The quantitative estimate of drug-likeness (QED) is 0.535. The van der Waals surface area contributed by atoms with Crippen LogP contribution in [0.5, 0.6) is 0 Å². The van der Waals surface area contributed by atoms with Crippen molar-refractivity contribution in [2.24, 2.45) is 11.3 Å². The number of likely N-dealkylation sites (tertiary alicyclic amines) is 1. The average molecular weight is 469 g/mol. The number of aromatic amines is 1. The van der Waals surface area contributed by atoms with Crippen LogP contribution in [0.4, 0.5) is 13.2 Å². The smallest absolute Gasteiger partial charge is 0.352 e. The predicted octanol–water partition coefficient (Wildman–Crippen LogP) is 5.01. The number of nitrogens with zero attached hydrogens (tertiary/aromatic N) is 2. The van der Waals surface area contributed by atoms with Crippen molar-refractivity contribution in [3.63, 3.8) is 0 Å². The third kappa shape index (κ3) is 4.73. The summed E-state index contributed by atoms with van der Waals surface area (Å²) in [6.45, 7) is 2.75. The first-order valence-corrected chi connectivity index (χ1v) is 11.6. The fourth-order valence-corrected chi connectivity index (χ4v) is 5.12. The van der Waals surface area contributed by atoms with Gasteiger partial charge in [-0.3, -0.25) is 14.8 Å². The van der Waals surface area contributed by atoms with Crippen LogP contribution in [0.15, 0.2) is 60.8 Å². The first kappa shape index (κ1) is 22.7. The molecule has 1 aliphatic heterocycles. The zero-order valence-corrected chi connectivity index (χ0v) is 18.7. The first-order chi connectivity index (χ1) is 16.3. The van der Waals surface area contributed by atoms with Crippen molar-refractivity contribution in [1.82, 2.24) is 20.4 Å². The van der Waals surface area contributed by atoms with Crippen LogP contribution in [-0.2, 0) is 24.1 Å². The Kier molecular flexibility index (Phi) is 5.93. The molecule has 1 saturated carbocycles. The maximum atomic E-state index is 12.9. The summed E-state index contributed by atoms with van der Waals surface area (Å²) in [6.07, 6.45) is 0.261. The van der Waals surface area contributed by atoms with Gasteiger partial charge in [-0.2, -0.15) is 18.3 Å². The molecule has 1 saturated heterocycles. The maximum Gasteiger partial charge on any atom is 0.416 e. The topological polar surface area (TPSA) is 61.0 Å². The van der Waals surface area contributed by atoms with Crippen LogP contribution in [0.2, 0.25) is 0 Å². The molecule has 3 aromatic rings. The van der Waals surface area contributed by atoms with E-state index in [1.54, 1.807) is 6.07 Å². The molecule has 1 aromatic heterocycles. The van der Waals surface area contributed by atoms with Crippen LogP contribution in [0.1, 0.15) is 36.0 Å². The van der Waals surface area contributed by atoms with E-state index in [0.29, 0.717) is 5.56 Å². The van der Waals surface area contributed by atoms with E-state index in [-0.39, 0.29) is 23.8 Å². The van der Waals surface area contributed by atoms with Gasteiger partial charge in [-0.1, -0.05) is 42.5 Å². The highest BCUT2D eigenvalue weighted by atomic mass is 19.4. The number of carbonyl (C=O) groups excluding carboxylic acids is 1. The number of alkyl halides is 3. The van der Waals surface area contributed by atoms with Gasteiger partial charge in [0, 0.05) is 24.6 Å². The summed E-state index contributed by atoms with van der Waals surface area (Å²) in [4.78, 5) is 15.1. The molecule has 1 atom stereocenters. The van der Waals surface area contributed by atoms with Gasteiger partial charge in [0.15, 0.2) is 0 Å². The second-order valence-electron chi connectivity index (χ2n) is 9.45. The van der Waals surface area contributed by atoms with Gasteiger partial charge >= 0.3 is 6.18 Å². The molecule has 0 bridgehead atoms. The summed E-state index contributed by atoms with van der Waals surface area (Å²) in [5.74, 6) is -0.0960. The summed E-state index contributed by atoms with van der Waals surface area (Å²) in [6, 6.07) is 15.3. The Morgan fingerprint density at radius 1 is 1.12 bits per heavy atom. The minimum absolute atomic E-state index is 0.0348. The van der Waals surface area contributed by atoms with Crippen LogP contribution < -0.4 is 5.32 Å². The minimum atomic E-state index is -4.38. The van der Waals surface area contributed by atoms with Crippen molar-refractivity contribution < 1.29 is 18.0 Å². The van der Waals surface area contributed by atoms with Crippen LogP contribution in [-0.4, -0.2) is 34.1 Å². The molecule has 2 N–H and O–H groups in total. The Hall–Kier alpha value is -3.13. The van der Waals surface area contributed by atoms with Gasteiger partial charge in [0.25, 0.3) is 0 Å². The molecule has 2 aromatic carbocycles. The van der Waals surface area contributed by atoms with Crippen LogP contribution >= 0.6 is 0 Å². The molecule has 8 heteroatoms. The standard InChI is InChI=1S/C26H27F3N4O/c27-26(28,29)21-8-4-5-18(13-21)15-30-24(34)22-14-25(22)9-11-33(12-10-25)17-20-16-31-32-23(20)19-6-2-1-3-7-19/h1-8,13,16,22H,9-12,14-15,17H2,(H,30,34)(H,31,32)/t22-/m0/s1. The molecular formula is C26H27F3N4O. The van der Waals surface area contributed by atoms with Crippen molar-refractivity contribution in [2.45, 2.75) is 38.5 Å². The number of rotatable bonds is 6. The molecule has 0 radical (unpaired) electrons. The second kappa shape index (κ2) is 8.91. The molecule has 34 heavy (non-hydrogen) atoms. The molecule has 1 spiro atoms. The van der Waals surface area contributed by atoms with Gasteiger partial charge in [-0.15, -0.1) is 0 Å². The van der Waals surface area contributed by atoms with Crippen molar-refractivity contribution >= 4 is 5.91 Å². The molecule has 2 aliphatic rings. The van der Waals surface area contributed by atoms with Gasteiger partial charge in [-0.05, 0) is 61.0 Å². The summed E-state index contributed by atoms with van der Waals surface area (Å²) >= 11 is 0. The predicted molar refractivity (Wildman–Crippen MR) is 122 cm³/mol. The normalized spacial score (nSPS) is 19.8. The van der Waals surface area contributed by atoms with Gasteiger partial charge < -0.3 is 5.32 Å². The number of amides is 1. The van der Waals surface area contributed by atoms with Gasteiger partial charge in [0.2, 0.25) is 5.91 Å². The number of carbonyl (C=O) groups is 1. The number of hydrogen-bond acceptors (Lipinski definition) is 3. The molecule has 1 aliphatic carbocycles. The van der Waals surface area contributed by atoms with Gasteiger partial charge in [0.1, 0.15) is 0 Å². The van der Waals surface area contributed by atoms with E-state index in [1.165, 1.54) is 6.07 Å². The highest BCUT2D eigenvalue weighted by molar-refractivity contribution is 5.82. The van der Waals surface area contributed by atoms with Crippen LogP contribution in [0, 0.1) is 11.3 Å². The van der Waals surface area contributed by atoms with Crippen molar-refractivity contribution in [2.75, 3.05) is 13.1 Å². The monoisotopic (exact) mass is 468 g/mol. The molecule has 2 heterocycles. The number of benzene rings is 2. The Bertz CT molecular complexity index is 1150. The number of piperidine rings is 1. The number of hydrogen-bond donors (Lipinski definition) is 2. The van der Waals surface area contributed by atoms with E-state index in [0.717, 1.165) is 67.9 Å². The van der Waals surface area contributed by atoms with Gasteiger partial charge in [-0.25, -0.2) is 0 Å². The lowest BCUT2D eigenvalue weighted by molar-refractivity contribution is -0.137. The number of nitrogens with one attached hydrogen (secondary N) is 2. The van der Waals surface area contributed by atoms with E-state index >= 15 is 0 Å². The second-order valence-corrected chi connectivity index (χ2v) is 9.45. The fourth-order valence-electron chi connectivity index (χ4n) is 5.12. The molecule has 2 fully saturated rings. The number of halogens is 3. The van der Waals surface area contributed by atoms with E-state index in [9.17, 15) is 18.0 Å². The Morgan fingerprint density at radius 2 is 1.88 bits per heavy atom. The Labute approximate surface area is 196 Å². The van der Waals surface area contributed by atoms with Crippen molar-refractivity contribution in [3.05, 3.63) is 77.5 Å². The summed E-state index contributed by atoms with van der Waals surface area (Å²) < 4.78 is 38.7. The molecule has 5 nitrogen and oxygen atoms in total.